The number of hydrogen-bond donors (Lipinski definition) is 2. The average molecular weight is 680 g/mol. The molecule has 0 aliphatic carbocycles. The number of sulfonamides is 1. The molecule has 4 aromatic carbocycles. The molecule has 45 heavy (non-hydrogen) atoms. The second-order valence-electron chi connectivity index (χ2n) is 9.20. The minimum absolute atomic E-state index is 0.242. The Kier molecular flexibility index (Phi) is 10.7. The Balaban J connectivity index is 1.41. The van der Waals surface area contributed by atoms with Crippen molar-refractivity contribution in [3.8, 4) is 5.75 Å². The Morgan fingerprint density at radius 3 is 2.27 bits per heavy atom. The Bertz CT molecular complexity index is 1810. The second-order valence-corrected chi connectivity index (χ2v) is 11.9. The smallest absolute Gasteiger partial charge is 0.417 e. The predicted molar refractivity (Wildman–Crippen MR) is 165 cm³/mol. The molecule has 0 fully saturated rings. The molecule has 0 radical (unpaired) electrons. The van der Waals surface area contributed by atoms with E-state index in [4.69, 9.17) is 27.9 Å². The molecule has 0 spiro atoms. The standard InChI is InChI=1S/C30H23Cl2F3N4O5S/c31-21-5-4-6-22(15-21)37-29(41)19-44-24-12-9-20(10-13-24)17-36-38-28(40)18-39(45(42,43)25-7-2-1-3-8-25)23-11-14-27(32)26(16-23)30(33,34)35/h1-17H,18-19H2,(H,37,41)(H,38,40)/b36-17-. The molecule has 2 N–H and O–H groups in total. The van der Waals surface area contributed by atoms with Gasteiger partial charge in [-0.15, -0.1) is 0 Å². The van der Waals surface area contributed by atoms with Gasteiger partial charge in [0, 0.05) is 10.7 Å². The Morgan fingerprint density at radius 1 is 0.889 bits per heavy atom. The zero-order chi connectivity index (χ0) is 32.6. The van der Waals surface area contributed by atoms with Gasteiger partial charge < -0.3 is 10.1 Å². The third kappa shape index (κ3) is 9.20. The van der Waals surface area contributed by atoms with Crippen LogP contribution in [0.1, 0.15) is 11.1 Å². The Morgan fingerprint density at radius 2 is 1.60 bits per heavy atom. The maximum Gasteiger partial charge on any atom is 0.417 e. The van der Waals surface area contributed by atoms with Crippen LogP contribution in [0.5, 0.6) is 5.75 Å². The lowest BCUT2D eigenvalue weighted by Gasteiger charge is -2.24. The van der Waals surface area contributed by atoms with E-state index in [0.29, 0.717) is 32.4 Å². The van der Waals surface area contributed by atoms with Crippen molar-refractivity contribution in [2.24, 2.45) is 5.10 Å². The first kappa shape index (κ1) is 33.3. The lowest BCUT2D eigenvalue weighted by atomic mass is 10.2. The van der Waals surface area contributed by atoms with Crippen LogP contribution in [0.25, 0.3) is 0 Å². The fraction of sp³-hybridized carbons (Fsp3) is 0.100. The molecule has 4 rings (SSSR count). The first-order chi connectivity index (χ1) is 21.3. The molecule has 9 nitrogen and oxygen atoms in total. The van der Waals surface area contributed by atoms with E-state index in [0.717, 1.165) is 12.1 Å². The van der Waals surface area contributed by atoms with Crippen molar-refractivity contribution in [3.05, 3.63) is 118 Å². The first-order valence-corrected chi connectivity index (χ1v) is 15.1. The number of anilines is 2. The molecule has 2 amide bonds. The van der Waals surface area contributed by atoms with Gasteiger partial charge >= 0.3 is 6.18 Å². The fourth-order valence-electron chi connectivity index (χ4n) is 3.83. The van der Waals surface area contributed by atoms with Gasteiger partial charge in [-0.05, 0) is 78.4 Å². The summed E-state index contributed by atoms with van der Waals surface area (Å²) in [5, 5.41) is 6.30. The molecule has 0 unspecified atom stereocenters. The molecule has 0 bridgehead atoms. The number of benzene rings is 4. The number of alkyl halides is 3. The number of nitrogens with zero attached hydrogens (tertiary/aromatic N) is 2. The topological polar surface area (TPSA) is 117 Å². The number of carbonyl (C=O) groups excluding carboxylic acids is 2. The van der Waals surface area contributed by atoms with Crippen LogP contribution in [0.3, 0.4) is 0 Å². The number of ether oxygens (including phenoxy) is 1. The van der Waals surface area contributed by atoms with E-state index in [1.165, 1.54) is 30.5 Å². The highest BCUT2D eigenvalue weighted by atomic mass is 35.5. The maximum absolute atomic E-state index is 13.5. The van der Waals surface area contributed by atoms with Gasteiger partial charge in [-0.3, -0.25) is 13.9 Å². The zero-order valence-electron chi connectivity index (χ0n) is 23.0. The van der Waals surface area contributed by atoms with E-state index >= 15 is 0 Å². The monoisotopic (exact) mass is 678 g/mol. The van der Waals surface area contributed by atoms with E-state index < -0.39 is 50.8 Å². The largest absolute Gasteiger partial charge is 0.484 e. The van der Waals surface area contributed by atoms with Crippen molar-refractivity contribution < 1.29 is 35.9 Å². The van der Waals surface area contributed by atoms with Gasteiger partial charge in [0.25, 0.3) is 21.8 Å². The summed E-state index contributed by atoms with van der Waals surface area (Å²) in [6.45, 7) is -1.16. The summed E-state index contributed by atoms with van der Waals surface area (Å²) in [5.41, 5.74) is 1.51. The average Bonchev–Trinajstić information content (AvgIpc) is 3.00. The van der Waals surface area contributed by atoms with Crippen LogP contribution in [0, 0.1) is 0 Å². The van der Waals surface area contributed by atoms with Crippen LogP contribution in [0.4, 0.5) is 24.5 Å². The molecule has 0 aliphatic heterocycles. The molecule has 15 heteroatoms. The molecule has 0 aromatic heterocycles. The highest BCUT2D eigenvalue weighted by Crippen LogP contribution is 2.38. The summed E-state index contributed by atoms with van der Waals surface area (Å²) >= 11 is 11.6. The van der Waals surface area contributed by atoms with Gasteiger partial charge in [0.2, 0.25) is 0 Å². The van der Waals surface area contributed by atoms with E-state index in [1.54, 1.807) is 54.6 Å². The Hall–Kier alpha value is -4.59. The summed E-state index contributed by atoms with van der Waals surface area (Å²) in [6.07, 6.45) is -3.61. The SMILES string of the molecule is O=C(CN(c1ccc(Cl)c(C(F)(F)F)c1)S(=O)(=O)c1ccccc1)N/N=C\c1ccc(OCC(=O)Nc2cccc(Cl)c2)cc1. The van der Waals surface area contributed by atoms with Crippen LogP contribution in [-0.4, -0.2) is 39.6 Å². The summed E-state index contributed by atoms with van der Waals surface area (Å²) < 4.78 is 73.3. The van der Waals surface area contributed by atoms with Crippen molar-refractivity contribution in [3.63, 3.8) is 0 Å². The van der Waals surface area contributed by atoms with Gasteiger partial charge in [0.15, 0.2) is 6.61 Å². The molecule has 234 valence electrons. The van der Waals surface area contributed by atoms with E-state index in [2.05, 4.69) is 15.8 Å². The summed E-state index contributed by atoms with van der Waals surface area (Å²) in [5.74, 6) is -0.956. The molecular formula is C30H23Cl2F3N4O5S. The first-order valence-electron chi connectivity index (χ1n) is 12.9. The van der Waals surface area contributed by atoms with Gasteiger partial charge in [0.05, 0.1) is 27.4 Å². The number of halogens is 5. The summed E-state index contributed by atoms with van der Waals surface area (Å²) in [7, 11) is -4.48. The number of amides is 2. The van der Waals surface area contributed by atoms with Crippen molar-refractivity contribution >= 4 is 62.6 Å². The summed E-state index contributed by atoms with van der Waals surface area (Å²) in [6, 6.07) is 22.4. The second kappa shape index (κ2) is 14.5. The molecule has 0 aliphatic rings. The highest BCUT2D eigenvalue weighted by molar-refractivity contribution is 7.92. The molecular weight excluding hydrogens is 656 g/mol. The quantitative estimate of drug-likeness (QED) is 0.141. The third-order valence-electron chi connectivity index (χ3n) is 5.92. The molecule has 4 aromatic rings. The van der Waals surface area contributed by atoms with Crippen LogP contribution >= 0.6 is 23.2 Å². The van der Waals surface area contributed by atoms with Gasteiger partial charge in [-0.25, -0.2) is 13.8 Å². The third-order valence-corrected chi connectivity index (χ3v) is 8.28. The van der Waals surface area contributed by atoms with E-state index in [1.807, 2.05) is 0 Å². The van der Waals surface area contributed by atoms with E-state index in [9.17, 15) is 31.2 Å². The Labute approximate surface area is 266 Å². The van der Waals surface area contributed by atoms with Crippen LogP contribution in [0.2, 0.25) is 10.0 Å². The minimum atomic E-state index is -4.87. The number of hydrogen-bond acceptors (Lipinski definition) is 6. The van der Waals surface area contributed by atoms with Gasteiger partial charge in [-0.2, -0.15) is 18.3 Å². The molecule has 0 saturated carbocycles. The number of rotatable bonds is 11. The van der Waals surface area contributed by atoms with Crippen LogP contribution in [0.15, 0.2) is 107 Å². The molecule has 0 atom stereocenters. The van der Waals surface area contributed by atoms with Crippen LogP contribution < -0.4 is 19.8 Å². The van der Waals surface area contributed by atoms with E-state index in [-0.39, 0.29) is 11.5 Å². The lowest BCUT2D eigenvalue weighted by Crippen LogP contribution is -2.39. The highest BCUT2D eigenvalue weighted by Gasteiger charge is 2.35. The van der Waals surface area contributed by atoms with Crippen molar-refractivity contribution in [2.45, 2.75) is 11.1 Å². The molecule has 0 saturated heterocycles. The summed E-state index contributed by atoms with van der Waals surface area (Å²) in [4.78, 5) is 24.6. The van der Waals surface area contributed by atoms with Crippen molar-refractivity contribution in [2.75, 3.05) is 22.8 Å². The lowest BCUT2D eigenvalue weighted by molar-refractivity contribution is -0.137. The number of carbonyl (C=O) groups is 2. The predicted octanol–water partition coefficient (Wildman–Crippen LogP) is 6.38. The minimum Gasteiger partial charge on any atom is -0.484 e. The zero-order valence-corrected chi connectivity index (χ0v) is 25.3. The van der Waals surface area contributed by atoms with Crippen LogP contribution in [-0.2, 0) is 25.8 Å². The van der Waals surface area contributed by atoms with Gasteiger partial charge in [-0.1, -0.05) is 47.5 Å². The van der Waals surface area contributed by atoms with Crippen molar-refractivity contribution in [1.29, 1.82) is 0 Å². The normalized spacial score (nSPS) is 11.7. The van der Waals surface area contributed by atoms with Crippen molar-refractivity contribution in [1.82, 2.24) is 5.43 Å². The molecule has 0 heterocycles. The number of hydrazone groups is 1. The van der Waals surface area contributed by atoms with Gasteiger partial charge in [0.1, 0.15) is 12.3 Å². The number of nitrogens with one attached hydrogen (secondary N) is 2. The fourth-order valence-corrected chi connectivity index (χ4v) is 5.68. The maximum atomic E-state index is 13.5.